The van der Waals surface area contributed by atoms with Crippen LogP contribution >= 0.6 is 0 Å². The van der Waals surface area contributed by atoms with Gasteiger partial charge < -0.3 is 14.2 Å². The molecule has 0 aromatic heterocycles. The molecule has 0 saturated carbocycles. The minimum Gasteiger partial charge on any atom is -0.462 e. The molecule has 0 fully saturated rings. The molecule has 1 unspecified atom stereocenters. The predicted octanol–water partition coefficient (Wildman–Crippen LogP) is 15.9. The third-order valence-corrected chi connectivity index (χ3v) is 10.3. The van der Waals surface area contributed by atoms with E-state index in [1.807, 2.05) is 24.3 Å². The van der Waals surface area contributed by atoms with E-state index >= 15 is 0 Å². The van der Waals surface area contributed by atoms with Gasteiger partial charge in [0.2, 0.25) is 0 Å². The number of esters is 3. The predicted molar refractivity (Wildman–Crippen MR) is 251 cm³/mol. The van der Waals surface area contributed by atoms with E-state index in [0.717, 1.165) is 96.3 Å². The molecule has 0 N–H and O–H groups in total. The second kappa shape index (κ2) is 47.5. The van der Waals surface area contributed by atoms with Crippen molar-refractivity contribution in [2.24, 2.45) is 0 Å². The van der Waals surface area contributed by atoms with Crippen molar-refractivity contribution in [3.05, 3.63) is 72.9 Å². The number of carbonyl (C=O) groups is 3. The zero-order valence-corrected chi connectivity index (χ0v) is 38.5. The SMILES string of the molecule is CC\C=C/C=C\C=C/C=C\CCCCCCCC(=O)OC(COC(=O)CCCC/C=C\C/C=C\CC)COC(=O)CCCCCCCCCCCCCCCCCCC. The second-order valence-electron chi connectivity index (χ2n) is 16.1. The molecule has 0 aromatic rings. The quantitative estimate of drug-likeness (QED) is 0.0200. The summed E-state index contributed by atoms with van der Waals surface area (Å²) in [5, 5.41) is 0. The fourth-order valence-electron chi connectivity index (χ4n) is 6.67. The lowest BCUT2D eigenvalue weighted by atomic mass is 10.0. The Morgan fingerprint density at radius 1 is 0.373 bits per heavy atom. The summed E-state index contributed by atoms with van der Waals surface area (Å²) in [6.07, 6.45) is 59.0. The number of carbonyl (C=O) groups excluding carboxylic acids is 3. The van der Waals surface area contributed by atoms with Crippen molar-refractivity contribution >= 4 is 17.9 Å². The van der Waals surface area contributed by atoms with Gasteiger partial charge in [-0.1, -0.05) is 216 Å². The normalized spacial score (nSPS) is 12.7. The molecule has 0 bridgehead atoms. The zero-order chi connectivity index (χ0) is 43.0. The van der Waals surface area contributed by atoms with Gasteiger partial charge in [-0.3, -0.25) is 14.4 Å². The number of allylic oxidation sites excluding steroid dienone is 12. The van der Waals surface area contributed by atoms with Crippen LogP contribution in [-0.2, 0) is 28.6 Å². The highest BCUT2D eigenvalue weighted by Gasteiger charge is 2.19. The van der Waals surface area contributed by atoms with Gasteiger partial charge in [0.25, 0.3) is 0 Å². The van der Waals surface area contributed by atoms with E-state index in [-0.39, 0.29) is 31.1 Å². The monoisotopic (exact) mass is 823 g/mol. The molecular weight excluding hydrogens is 733 g/mol. The zero-order valence-electron chi connectivity index (χ0n) is 38.5. The summed E-state index contributed by atoms with van der Waals surface area (Å²) in [6, 6.07) is 0. The Morgan fingerprint density at radius 2 is 0.746 bits per heavy atom. The molecule has 59 heavy (non-hydrogen) atoms. The lowest BCUT2D eigenvalue weighted by Gasteiger charge is -2.18. The van der Waals surface area contributed by atoms with Crippen LogP contribution in [0.5, 0.6) is 0 Å². The molecule has 0 aliphatic carbocycles. The van der Waals surface area contributed by atoms with Crippen molar-refractivity contribution < 1.29 is 28.6 Å². The first-order valence-electron chi connectivity index (χ1n) is 24.5. The lowest BCUT2D eigenvalue weighted by molar-refractivity contribution is -0.167. The van der Waals surface area contributed by atoms with Gasteiger partial charge in [-0.15, -0.1) is 0 Å². The van der Waals surface area contributed by atoms with Gasteiger partial charge in [0.05, 0.1) is 0 Å². The van der Waals surface area contributed by atoms with Crippen LogP contribution in [0.4, 0.5) is 0 Å². The highest BCUT2D eigenvalue weighted by molar-refractivity contribution is 5.71. The van der Waals surface area contributed by atoms with Crippen LogP contribution < -0.4 is 0 Å². The first-order valence-corrected chi connectivity index (χ1v) is 24.5. The van der Waals surface area contributed by atoms with Crippen LogP contribution in [0.3, 0.4) is 0 Å². The molecule has 1 atom stereocenters. The van der Waals surface area contributed by atoms with E-state index in [0.29, 0.717) is 19.3 Å². The van der Waals surface area contributed by atoms with E-state index in [4.69, 9.17) is 14.2 Å². The Balaban J connectivity index is 4.37. The first-order chi connectivity index (χ1) is 29.0. The van der Waals surface area contributed by atoms with Crippen LogP contribution in [0.25, 0.3) is 0 Å². The number of ether oxygens (including phenoxy) is 3. The van der Waals surface area contributed by atoms with Gasteiger partial charge in [0.1, 0.15) is 13.2 Å². The van der Waals surface area contributed by atoms with Crippen molar-refractivity contribution in [1.29, 1.82) is 0 Å². The van der Waals surface area contributed by atoms with Crippen molar-refractivity contribution in [3.63, 3.8) is 0 Å². The molecule has 338 valence electrons. The van der Waals surface area contributed by atoms with Crippen molar-refractivity contribution in [1.82, 2.24) is 0 Å². The molecule has 6 heteroatoms. The third-order valence-electron chi connectivity index (χ3n) is 10.3. The van der Waals surface area contributed by atoms with Crippen LogP contribution in [0.2, 0.25) is 0 Å². The van der Waals surface area contributed by atoms with Crippen molar-refractivity contribution in [3.8, 4) is 0 Å². The molecule has 0 heterocycles. The van der Waals surface area contributed by atoms with Crippen LogP contribution in [0.15, 0.2) is 72.9 Å². The number of rotatable bonds is 43. The number of hydrogen-bond acceptors (Lipinski definition) is 6. The fourth-order valence-corrected chi connectivity index (χ4v) is 6.67. The summed E-state index contributed by atoms with van der Waals surface area (Å²) in [4.78, 5) is 37.8. The van der Waals surface area contributed by atoms with E-state index in [1.165, 1.54) is 89.9 Å². The van der Waals surface area contributed by atoms with Gasteiger partial charge in [-0.05, 0) is 64.2 Å². The molecule has 0 aromatic carbocycles. The fraction of sp³-hybridized carbons (Fsp3) is 0.717. The average molecular weight is 823 g/mol. The largest absolute Gasteiger partial charge is 0.462 e. The lowest BCUT2D eigenvalue weighted by Crippen LogP contribution is -2.30. The highest BCUT2D eigenvalue weighted by Crippen LogP contribution is 2.15. The maximum atomic E-state index is 12.7. The standard InChI is InChI=1S/C53H90O6/c1-4-7-10-13-16-19-21-23-25-26-28-29-31-34-37-40-43-46-52(55)58-49-50(48-57-51(54)45-42-39-36-33-18-15-12-9-6-3)59-53(56)47-44-41-38-35-32-30-27-24-22-20-17-14-11-8-5-2/h8-9,11-12,14,17-18,20,22,24,27,33,50H,4-7,10,13,15-16,19,21,23,25-26,28-32,34-49H2,1-3H3/b11-8-,12-9-,17-14-,22-20-,27-24-,33-18-. The Hall–Kier alpha value is -3.15. The first kappa shape index (κ1) is 55.9. The molecule has 0 spiro atoms. The summed E-state index contributed by atoms with van der Waals surface area (Å²) in [5.41, 5.74) is 0. The molecule has 0 amide bonds. The van der Waals surface area contributed by atoms with E-state index in [1.54, 1.807) is 0 Å². The smallest absolute Gasteiger partial charge is 0.306 e. The van der Waals surface area contributed by atoms with Gasteiger partial charge in [-0.2, -0.15) is 0 Å². The Labute approximate surface area is 363 Å². The maximum absolute atomic E-state index is 12.7. The molecule has 6 nitrogen and oxygen atoms in total. The maximum Gasteiger partial charge on any atom is 0.306 e. The Bertz CT molecular complexity index is 1130. The third kappa shape index (κ3) is 45.8. The van der Waals surface area contributed by atoms with Crippen LogP contribution in [-0.4, -0.2) is 37.2 Å². The molecule has 0 rings (SSSR count). The summed E-state index contributed by atoms with van der Waals surface area (Å²) >= 11 is 0. The number of unbranched alkanes of at least 4 members (excludes halogenated alkanes) is 23. The minimum atomic E-state index is -0.797. The molecular formula is C53H90O6. The summed E-state index contributed by atoms with van der Waals surface area (Å²) in [7, 11) is 0. The van der Waals surface area contributed by atoms with E-state index in [9.17, 15) is 14.4 Å². The summed E-state index contributed by atoms with van der Waals surface area (Å²) in [6.45, 7) is 6.33. The second-order valence-corrected chi connectivity index (χ2v) is 16.1. The van der Waals surface area contributed by atoms with Gasteiger partial charge in [0.15, 0.2) is 6.10 Å². The van der Waals surface area contributed by atoms with Crippen LogP contribution in [0.1, 0.15) is 226 Å². The van der Waals surface area contributed by atoms with E-state index < -0.39 is 6.10 Å². The Morgan fingerprint density at radius 3 is 1.25 bits per heavy atom. The molecule has 0 saturated heterocycles. The van der Waals surface area contributed by atoms with Gasteiger partial charge in [-0.25, -0.2) is 0 Å². The number of hydrogen-bond donors (Lipinski definition) is 0. The van der Waals surface area contributed by atoms with Crippen molar-refractivity contribution in [2.75, 3.05) is 13.2 Å². The average Bonchev–Trinajstić information content (AvgIpc) is 3.23. The van der Waals surface area contributed by atoms with E-state index in [2.05, 4.69) is 69.4 Å². The summed E-state index contributed by atoms with van der Waals surface area (Å²) < 4.78 is 16.7. The van der Waals surface area contributed by atoms with Crippen molar-refractivity contribution in [2.45, 2.75) is 232 Å². The van der Waals surface area contributed by atoms with Gasteiger partial charge >= 0.3 is 17.9 Å². The van der Waals surface area contributed by atoms with Gasteiger partial charge in [0, 0.05) is 19.3 Å². The molecule has 0 aliphatic heterocycles. The topological polar surface area (TPSA) is 78.9 Å². The highest BCUT2D eigenvalue weighted by atomic mass is 16.6. The minimum absolute atomic E-state index is 0.0943. The molecule has 0 aliphatic rings. The molecule has 0 radical (unpaired) electrons. The summed E-state index contributed by atoms with van der Waals surface area (Å²) in [5.74, 6) is -0.956. The Kier molecular flexibility index (Phi) is 45.0. The van der Waals surface area contributed by atoms with Crippen LogP contribution in [0, 0.1) is 0 Å².